The minimum Gasteiger partial charge on any atom is -0.339 e. The van der Waals surface area contributed by atoms with Crippen molar-refractivity contribution in [2.24, 2.45) is 0 Å². The molecule has 5 heteroatoms. The minimum atomic E-state index is 0.317. The Morgan fingerprint density at radius 1 is 1.50 bits per heavy atom. The number of rotatable bonds is 6. The fourth-order valence-corrected chi connectivity index (χ4v) is 2.83. The highest BCUT2D eigenvalue weighted by Gasteiger charge is 2.29. The van der Waals surface area contributed by atoms with Gasteiger partial charge in [0.05, 0.1) is 6.04 Å². The first-order chi connectivity index (χ1) is 8.72. The third kappa shape index (κ3) is 3.26. The lowest BCUT2D eigenvalue weighted by atomic mass is 10.2. The van der Waals surface area contributed by atoms with E-state index in [4.69, 9.17) is 4.52 Å². The van der Waals surface area contributed by atoms with E-state index in [1.54, 1.807) is 0 Å². The maximum Gasteiger partial charge on any atom is 0.229 e. The van der Waals surface area contributed by atoms with Crippen LogP contribution < -0.4 is 0 Å². The van der Waals surface area contributed by atoms with E-state index >= 15 is 0 Å². The molecule has 18 heavy (non-hydrogen) atoms. The van der Waals surface area contributed by atoms with Gasteiger partial charge in [-0.25, -0.2) is 0 Å². The van der Waals surface area contributed by atoms with Crippen LogP contribution in [0.25, 0.3) is 0 Å². The standard InChI is InChI=1S/C13H23N3OS/c1-10(2)13-14-12(15-17-13)11-6-4-7-16(11)8-5-9-18-3/h10-11H,4-9H2,1-3H3/t11-/m1/s1. The van der Waals surface area contributed by atoms with Crippen LogP contribution in [0.5, 0.6) is 0 Å². The summed E-state index contributed by atoms with van der Waals surface area (Å²) >= 11 is 1.91. The highest BCUT2D eigenvalue weighted by atomic mass is 32.2. The monoisotopic (exact) mass is 269 g/mol. The van der Waals surface area contributed by atoms with E-state index in [0.29, 0.717) is 12.0 Å². The number of aromatic nitrogens is 2. The lowest BCUT2D eigenvalue weighted by Gasteiger charge is -2.21. The largest absolute Gasteiger partial charge is 0.339 e. The van der Waals surface area contributed by atoms with Crippen molar-refractivity contribution in [1.82, 2.24) is 15.0 Å². The number of thioether (sulfide) groups is 1. The maximum atomic E-state index is 5.32. The second kappa shape index (κ2) is 6.57. The summed E-state index contributed by atoms with van der Waals surface area (Å²) in [5.74, 6) is 3.20. The summed E-state index contributed by atoms with van der Waals surface area (Å²) in [7, 11) is 0. The molecule has 0 amide bonds. The van der Waals surface area contributed by atoms with Crippen LogP contribution in [0.3, 0.4) is 0 Å². The van der Waals surface area contributed by atoms with Crippen LogP contribution >= 0.6 is 11.8 Å². The zero-order chi connectivity index (χ0) is 13.0. The molecule has 2 rings (SSSR count). The van der Waals surface area contributed by atoms with Gasteiger partial charge in [-0.15, -0.1) is 0 Å². The average molecular weight is 269 g/mol. The van der Waals surface area contributed by atoms with Crippen molar-refractivity contribution >= 4 is 11.8 Å². The first kappa shape index (κ1) is 13.9. The fourth-order valence-electron chi connectivity index (χ4n) is 2.42. The molecule has 1 atom stereocenters. The highest BCUT2D eigenvalue weighted by molar-refractivity contribution is 7.98. The molecule has 1 saturated heterocycles. The molecule has 102 valence electrons. The third-order valence-corrected chi connectivity index (χ3v) is 4.10. The Hall–Kier alpha value is -0.550. The van der Waals surface area contributed by atoms with Crippen molar-refractivity contribution in [2.75, 3.05) is 25.1 Å². The van der Waals surface area contributed by atoms with Crippen LogP contribution in [0.4, 0.5) is 0 Å². The van der Waals surface area contributed by atoms with Gasteiger partial charge in [-0.1, -0.05) is 19.0 Å². The molecule has 0 aliphatic carbocycles. The second-order valence-corrected chi connectivity index (χ2v) is 6.17. The van der Waals surface area contributed by atoms with Crippen molar-refractivity contribution in [2.45, 2.75) is 45.1 Å². The van der Waals surface area contributed by atoms with Gasteiger partial charge in [0, 0.05) is 5.92 Å². The van der Waals surface area contributed by atoms with E-state index in [2.05, 4.69) is 35.1 Å². The van der Waals surface area contributed by atoms with E-state index in [-0.39, 0.29) is 0 Å². The maximum absolute atomic E-state index is 5.32. The van der Waals surface area contributed by atoms with Gasteiger partial charge in [0.2, 0.25) is 5.89 Å². The van der Waals surface area contributed by atoms with Crippen LogP contribution in [-0.2, 0) is 0 Å². The van der Waals surface area contributed by atoms with Gasteiger partial charge in [0.1, 0.15) is 0 Å². The topological polar surface area (TPSA) is 42.2 Å². The molecular formula is C13H23N3OS. The number of hydrogen-bond donors (Lipinski definition) is 0. The van der Waals surface area contributed by atoms with E-state index < -0.39 is 0 Å². The van der Waals surface area contributed by atoms with Crippen molar-refractivity contribution in [3.8, 4) is 0 Å². The molecule has 1 fully saturated rings. The SMILES string of the molecule is CSCCCN1CCC[C@@H]1c1noc(C(C)C)n1. The van der Waals surface area contributed by atoms with Crippen LogP contribution in [0, 0.1) is 0 Å². The Kier molecular flexibility index (Phi) is 5.06. The molecule has 2 heterocycles. The Morgan fingerprint density at radius 3 is 3.00 bits per heavy atom. The van der Waals surface area contributed by atoms with E-state index in [0.717, 1.165) is 24.7 Å². The molecule has 0 spiro atoms. The van der Waals surface area contributed by atoms with Crippen molar-refractivity contribution in [3.05, 3.63) is 11.7 Å². The number of likely N-dealkylation sites (tertiary alicyclic amines) is 1. The molecule has 0 aromatic carbocycles. The Balaban J connectivity index is 1.97. The van der Waals surface area contributed by atoms with E-state index in [9.17, 15) is 0 Å². The molecule has 0 unspecified atom stereocenters. The number of hydrogen-bond acceptors (Lipinski definition) is 5. The summed E-state index contributed by atoms with van der Waals surface area (Å²) in [6.45, 7) is 6.49. The van der Waals surface area contributed by atoms with Gasteiger partial charge in [0.25, 0.3) is 0 Å². The summed E-state index contributed by atoms with van der Waals surface area (Å²) in [5, 5.41) is 4.16. The summed E-state index contributed by atoms with van der Waals surface area (Å²) in [6, 6.07) is 0.378. The van der Waals surface area contributed by atoms with Crippen molar-refractivity contribution < 1.29 is 4.52 Å². The molecule has 0 bridgehead atoms. The van der Waals surface area contributed by atoms with E-state index in [1.807, 2.05) is 11.8 Å². The quantitative estimate of drug-likeness (QED) is 0.742. The Bertz CT molecular complexity index is 367. The normalized spacial score (nSPS) is 21.0. The first-order valence-electron chi connectivity index (χ1n) is 6.79. The van der Waals surface area contributed by atoms with Gasteiger partial charge in [-0.05, 0) is 44.4 Å². The molecular weight excluding hydrogens is 246 g/mol. The first-order valence-corrected chi connectivity index (χ1v) is 8.18. The predicted octanol–water partition coefficient (Wildman–Crippen LogP) is 3.08. The predicted molar refractivity (Wildman–Crippen MR) is 74.9 cm³/mol. The second-order valence-electron chi connectivity index (χ2n) is 5.19. The Labute approximate surface area is 114 Å². The minimum absolute atomic E-state index is 0.317. The summed E-state index contributed by atoms with van der Waals surface area (Å²) < 4.78 is 5.32. The lowest BCUT2D eigenvalue weighted by molar-refractivity contribution is 0.243. The van der Waals surface area contributed by atoms with Crippen LogP contribution in [-0.4, -0.2) is 40.1 Å². The lowest BCUT2D eigenvalue weighted by Crippen LogP contribution is -2.25. The zero-order valence-electron chi connectivity index (χ0n) is 11.6. The fraction of sp³-hybridized carbons (Fsp3) is 0.846. The molecule has 1 aromatic heterocycles. The Morgan fingerprint density at radius 2 is 2.33 bits per heavy atom. The smallest absolute Gasteiger partial charge is 0.229 e. The van der Waals surface area contributed by atoms with Gasteiger partial charge >= 0.3 is 0 Å². The third-order valence-electron chi connectivity index (χ3n) is 3.41. The molecule has 0 N–H and O–H groups in total. The molecule has 1 aromatic rings. The molecule has 0 radical (unpaired) electrons. The van der Waals surface area contributed by atoms with Crippen molar-refractivity contribution in [3.63, 3.8) is 0 Å². The van der Waals surface area contributed by atoms with Gasteiger partial charge in [-0.2, -0.15) is 16.7 Å². The van der Waals surface area contributed by atoms with Crippen LogP contribution in [0.1, 0.15) is 56.8 Å². The number of nitrogens with zero attached hydrogens (tertiary/aromatic N) is 3. The van der Waals surface area contributed by atoms with Gasteiger partial charge in [-0.3, -0.25) is 4.90 Å². The molecule has 0 saturated carbocycles. The summed E-state index contributed by atoms with van der Waals surface area (Å²) in [6.07, 6.45) is 5.81. The zero-order valence-corrected chi connectivity index (χ0v) is 12.4. The highest BCUT2D eigenvalue weighted by Crippen LogP contribution is 2.30. The molecule has 1 aliphatic rings. The van der Waals surface area contributed by atoms with Gasteiger partial charge in [0.15, 0.2) is 5.82 Å². The van der Waals surface area contributed by atoms with Crippen LogP contribution in [0.2, 0.25) is 0 Å². The molecule has 4 nitrogen and oxygen atoms in total. The molecule has 1 aliphatic heterocycles. The van der Waals surface area contributed by atoms with E-state index in [1.165, 1.54) is 25.1 Å². The summed E-state index contributed by atoms with van der Waals surface area (Å²) in [5.41, 5.74) is 0. The van der Waals surface area contributed by atoms with Gasteiger partial charge < -0.3 is 4.52 Å². The van der Waals surface area contributed by atoms with Crippen LogP contribution in [0.15, 0.2) is 4.52 Å². The van der Waals surface area contributed by atoms with Crippen molar-refractivity contribution in [1.29, 1.82) is 0 Å². The summed E-state index contributed by atoms with van der Waals surface area (Å²) in [4.78, 5) is 7.05. The average Bonchev–Trinajstić information content (AvgIpc) is 2.96.